The molecule has 0 atom stereocenters. The van der Waals surface area contributed by atoms with E-state index in [9.17, 15) is 4.79 Å². The van der Waals surface area contributed by atoms with E-state index >= 15 is 0 Å². The number of amides is 1. The Morgan fingerprint density at radius 1 is 1.39 bits per heavy atom. The van der Waals surface area contributed by atoms with E-state index in [2.05, 4.69) is 9.97 Å². The number of nitrogens with zero attached hydrogens (tertiary/aromatic N) is 3. The van der Waals surface area contributed by atoms with Gasteiger partial charge in [-0.1, -0.05) is 0 Å². The van der Waals surface area contributed by atoms with Crippen molar-refractivity contribution < 1.29 is 4.79 Å². The van der Waals surface area contributed by atoms with Crippen LogP contribution in [0.3, 0.4) is 0 Å². The lowest BCUT2D eigenvalue weighted by Crippen LogP contribution is -2.48. The van der Waals surface area contributed by atoms with Gasteiger partial charge < -0.3 is 20.5 Å². The number of fused-ring (bicyclic) bond motifs is 1. The number of aromatic nitrogens is 2. The standard InChI is InChI=1S/C12H15N5O/c1-16-4-5-17(7-11(16)18)12-14-9-3-2-8(13)6-10(9)15-12/h2-3,6H,4-5,7,13H2,1H3,(H,14,15). The van der Waals surface area contributed by atoms with E-state index in [0.29, 0.717) is 12.2 Å². The number of hydrogen-bond acceptors (Lipinski definition) is 4. The summed E-state index contributed by atoms with van der Waals surface area (Å²) in [5.74, 6) is 0.846. The van der Waals surface area contributed by atoms with Crippen LogP contribution in [-0.4, -0.2) is 47.5 Å². The topological polar surface area (TPSA) is 78.2 Å². The van der Waals surface area contributed by atoms with Crippen molar-refractivity contribution in [3.8, 4) is 0 Å². The van der Waals surface area contributed by atoms with E-state index in [1.165, 1.54) is 0 Å². The van der Waals surface area contributed by atoms with Gasteiger partial charge in [-0.25, -0.2) is 4.98 Å². The second kappa shape index (κ2) is 3.90. The maximum atomic E-state index is 11.7. The van der Waals surface area contributed by atoms with E-state index in [-0.39, 0.29) is 5.91 Å². The SMILES string of the molecule is CN1CCN(c2nc3ccc(N)cc3[nH]2)CC1=O. The van der Waals surface area contributed by atoms with Gasteiger partial charge in [-0.2, -0.15) is 0 Å². The minimum atomic E-state index is 0.112. The lowest BCUT2D eigenvalue weighted by Gasteiger charge is -2.31. The van der Waals surface area contributed by atoms with Crippen molar-refractivity contribution in [1.29, 1.82) is 0 Å². The van der Waals surface area contributed by atoms with Crippen LogP contribution in [0.2, 0.25) is 0 Å². The highest BCUT2D eigenvalue weighted by Gasteiger charge is 2.23. The maximum absolute atomic E-state index is 11.7. The molecule has 6 heteroatoms. The largest absolute Gasteiger partial charge is 0.399 e. The van der Waals surface area contributed by atoms with Crippen molar-refractivity contribution in [2.75, 3.05) is 37.3 Å². The molecule has 94 valence electrons. The molecule has 0 unspecified atom stereocenters. The third-order valence-electron chi connectivity index (χ3n) is 3.25. The zero-order chi connectivity index (χ0) is 12.7. The highest BCUT2D eigenvalue weighted by atomic mass is 16.2. The molecule has 0 bridgehead atoms. The maximum Gasteiger partial charge on any atom is 0.242 e. The molecule has 1 aliphatic rings. The number of hydrogen-bond donors (Lipinski definition) is 2. The summed E-state index contributed by atoms with van der Waals surface area (Å²) in [4.78, 5) is 23.0. The molecule has 3 N–H and O–H groups in total. The summed E-state index contributed by atoms with van der Waals surface area (Å²) in [6.07, 6.45) is 0. The van der Waals surface area contributed by atoms with E-state index in [4.69, 9.17) is 5.73 Å². The highest BCUT2D eigenvalue weighted by Crippen LogP contribution is 2.20. The summed E-state index contributed by atoms with van der Waals surface area (Å²) in [5, 5.41) is 0. The Hall–Kier alpha value is -2.24. The smallest absolute Gasteiger partial charge is 0.242 e. The average Bonchev–Trinajstić information content (AvgIpc) is 2.75. The van der Waals surface area contributed by atoms with Gasteiger partial charge in [0, 0.05) is 25.8 Å². The van der Waals surface area contributed by atoms with Crippen molar-refractivity contribution in [3.63, 3.8) is 0 Å². The zero-order valence-electron chi connectivity index (χ0n) is 10.2. The molecule has 1 amide bonds. The molecule has 1 saturated heterocycles. The number of nitrogens with one attached hydrogen (secondary N) is 1. The van der Waals surface area contributed by atoms with Gasteiger partial charge in [0.15, 0.2) is 0 Å². The second-order valence-electron chi connectivity index (χ2n) is 4.57. The Labute approximate surface area is 104 Å². The number of rotatable bonds is 1. The van der Waals surface area contributed by atoms with Gasteiger partial charge in [-0.05, 0) is 18.2 Å². The molecule has 0 aliphatic carbocycles. The predicted octanol–water partition coefficient (Wildman–Crippen LogP) is 0.423. The number of H-pyrrole nitrogens is 1. The Bertz CT molecular complexity index is 606. The first kappa shape index (κ1) is 10.9. The van der Waals surface area contributed by atoms with Gasteiger partial charge in [-0.15, -0.1) is 0 Å². The number of anilines is 2. The minimum Gasteiger partial charge on any atom is -0.399 e. The molecule has 1 aromatic carbocycles. The normalized spacial score (nSPS) is 16.6. The molecule has 1 aliphatic heterocycles. The van der Waals surface area contributed by atoms with Crippen molar-refractivity contribution in [2.45, 2.75) is 0 Å². The fraction of sp³-hybridized carbons (Fsp3) is 0.333. The van der Waals surface area contributed by atoms with Gasteiger partial charge >= 0.3 is 0 Å². The Kier molecular flexibility index (Phi) is 2.36. The van der Waals surface area contributed by atoms with Gasteiger partial charge in [0.2, 0.25) is 11.9 Å². The molecule has 1 fully saturated rings. The first-order valence-corrected chi connectivity index (χ1v) is 5.87. The van der Waals surface area contributed by atoms with E-state index in [1.807, 2.05) is 30.1 Å². The quantitative estimate of drug-likeness (QED) is 0.714. The third kappa shape index (κ3) is 1.75. The van der Waals surface area contributed by atoms with Crippen LogP contribution >= 0.6 is 0 Å². The van der Waals surface area contributed by atoms with Crippen LogP contribution in [0, 0.1) is 0 Å². The third-order valence-corrected chi connectivity index (χ3v) is 3.25. The molecule has 2 aromatic rings. The van der Waals surface area contributed by atoms with Crippen LogP contribution < -0.4 is 10.6 Å². The Morgan fingerprint density at radius 3 is 3.00 bits per heavy atom. The number of imidazole rings is 1. The van der Waals surface area contributed by atoms with E-state index in [1.54, 1.807) is 4.90 Å². The molecule has 1 aromatic heterocycles. The van der Waals surface area contributed by atoms with Crippen LogP contribution in [0.25, 0.3) is 11.0 Å². The van der Waals surface area contributed by atoms with Crippen molar-refractivity contribution in [1.82, 2.24) is 14.9 Å². The molecule has 3 rings (SSSR count). The van der Waals surface area contributed by atoms with Crippen molar-refractivity contribution >= 4 is 28.6 Å². The zero-order valence-corrected chi connectivity index (χ0v) is 10.2. The summed E-state index contributed by atoms with van der Waals surface area (Å²) in [6.45, 7) is 1.88. The highest BCUT2D eigenvalue weighted by molar-refractivity contribution is 5.84. The number of likely N-dealkylation sites (N-methyl/N-ethyl adjacent to an activating group) is 1. The summed E-state index contributed by atoms with van der Waals surface area (Å²) in [7, 11) is 1.82. The van der Waals surface area contributed by atoms with Crippen LogP contribution in [0.4, 0.5) is 11.6 Å². The van der Waals surface area contributed by atoms with Crippen LogP contribution in [0.1, 0.15) is 0 Å². The molecule has 2 heterocycles. The summed E-state index contributed by atoms with van der Waals surface area (Å²) < 4.78 is 0. The molecule has 6 nitrogen and oxygen atoms in total. The number of carbonyl (C=O) groups is 1. The lowest BCUT2D eigenvalue weighted by molar-refractivity contribution is -0.129. The van der Waals surface area contributed by atoms with E-state index < -0.39 is 0 Å². The number of nitrogens with two attached hydrogens (primary N) is 1. The van der Waals surface area contributed by atoms with Gasteiger partial charge in [0.1, 0.15) is 0 Å². The minimum absolute atomic E-state index is 0.112. The lowest BCUT2D eigenvalue weighted by atomic mass is 10.3. The fourth-order valence-corrected chi connectivity index (χ4v) is 2.10. The summed E-state index contributed by atoms with van der Waals surface area (Å²) in [6, 6.07) is 5.55. The molecular formula is C12H15N5O. The van der Waals surface area contributed by atoms with Gasteiger partial charge in [0.05, 0.1) is 17.6 Å². The fourth-order valence-electron chi connectivity index (χ4n) is 2.10. The molecule has 0 spiro atoms. The Balaban J connectivity index is 1.92. The molecule has 0 radical (unpaired) electrons. The van der Waals surface area contributed by atoms with Gasteiger partial charge in [-0.3, -0.25) is 4.79 Å². The summed E-state index contributed by atoms with van der Waals surface area (Å²) >= 11 is 0. The van der Waals surface area contributed by atoms with Crippen LogP contribution in [0.15, 0.2) is 18.2 Å². The Morgan fingerprint density at radius 2 is 2.22 bits per heavy atom. The summed E-state index contributed by atoms with van der Waals surface area (Å²) in [5.41, 5.74) is 8.20. The van der Waals surface area contributed by atoms with Crippen molar-refractivity contribution in [2.24, 2.45) is 0 Å². The van der Waals surface area contributed by atoms with Gasteiger partial charge in [0.25, 0.3) is 0 Å². The number of piperazine rings is 1. The molecule has 0 saturated carbocycles. The number of aromatic amines is 1. The second-order valence-corrected chi connectivity index (χ2v) is 4.57. The van der Waals surface area contributed by atoms with Crippen LogP contribution in [-0.2, 0) is 4.79 Å². The monoisotopic (exact) mass is 245 g/mol. The number of benzene rings is 1. The number of nitrogen functional groups attached to an aromatic ring is 1. The van der Waals surface area contributed by atoms with Crippen LogP contribution in [0.5, 0.6) is 0 Å². The molecular weight excluding hydrogens is 230 g/mol. The number of carbonyl (C=O) groups excluding carboxylic acids is 1. The first-order chi connectivity index (χ1) is 8.63. The van der Waals surface area contributed by atoms with Crippen molar-refractivity contribution in [3.05, 3.63) is 18.2 Å². The first-order valence-electron chi connectivity index (χ1n) is 5.87. The van der Waals surface area contributed by atoms with E-state index in [0.717, 1.165) is 30.1 Å². The average molecular weight is 245 g/mol. The predicted molar refractivity (Wildman–Crippen MR) is 70.4 cm³/mol. The molecule has 18 heavy (non-hydrogen) atoms.